The molecule has 0 atom stereocenters. The first-order valence-corrected chi connectivity index (χ1v) is 9.72. The van der Waals surface area contributed by atoms with Crippen LogP contribution in [0.4, 0.5) is 5.69 Å². The maximum atomic E-state index is 12.3. The van der Waals surface area contributed by atoms with Crippen LogP contribution in [0.3, 0.4) is 0 Å². The molecule has 130 valence electrons. The van der Waals surface area contributed by atoms with Crippen molar-refractivity contribution in [2.45, 2.75) is 38.0 Å². The zero-order valence-corrected chi connectivity index (χ0v) is 14.9. The van der Waals surface area contributed by atoms with Crippen molar-refractivity contribution in [3.63, 3.8) is 0 Å². The molecule has 3 rings (SSSR count). The summed E-state index contributed by atoms with van der Waals surface area (Å²) in [4.78, 5) is 2.52. The number of aromatic nitrogens is 1. The van der Waals surface area contributed by atoms with E-state index in [1.165, 1.54) is 18.5 Å². The molecular formula is C17H23N3O3S. The molecule has 0 radical (unpaired) electrons. The minimum atomic E-state index is -3.58. The second-order valence-electron chi connectivity index (χ2n) is 6.16. The third-order valence-electron chi connectivity index (χ3n) is 4.35. The zero-order valence-electron chi connectivity index (χ0n) is 14.1. The number of hydrogen-bond acceptors (Lipinski definition) is 5. The van der Waals surface area contributed by atoms with E-state index in [4.69, 9.17) is 4.52 Å². The van der Waals surface area contributed by atoms with Crippen molar-refractivity contribution in [1.82, 2.24) is 9.88 Å². The molecule has 1 aliphatic heterocycles. The summed E-state index contributed by atoms with van der Waals surface area (Å²) < 4.78 is 32.2. The smallest absolute Gasteiger partial charge is 0.245 e. The van der Waals surface area contributed by atoms with E-state index >= 15 is 0 Å². The van der Waals surface area contributed by atoms with Gasteiger partial charge < -0.3 is 9.42 Å². The third-order valence-corrected chi connectivity index (χ3v) is 6.05. The van der Waals surface area contributed by atoms with E-state index in [-0.39, 0.29) is 4.90 Å². The summed E-state index contributed by atoms with van der Waals surface area (Å²) in [6, 6.07) is 8.36. The quantitative estimate of drug-likeness (QED) is 0.867. The normalized spacial score (nSPS) is 15.2. The zero-order chi connectivity index (χ0) is 17.2. The summed E-state index contributed by atoms with van der Waals surface area (Å²) in [5.41, 5.74) is 2.74. The van der Waals surface area contributed by atoms with Crippen LogP contribution in [0.15, 0.2) is 33.7 Å². The maximum absolute atomic E-state index is 12.3. The van der Waals surface area contributed by atoms with Crippen LogP contribution in [0.2, 0.25) is 0 Å². The van der Waals surface area contributed by atoms with Gasteiger partial charge in [0, 0.05) is 25.3 Å². The molecule has 2 heterocycles. The summed E-state index contributed by atoms with van der Waals surface area (Å²) in [6.45, 7) is 5.82. The molecule has 24 heavy (non-hydrogen) atoms. The van der Waals surface area contributed by atoms with Crippen LogP contribution < -0.4 is 9.62 Å². The molecule has 0 aliphatic carbocycles. The highest BCUT2D eigenvalue weighted by molar-refractivity contribution is 7.89. The molecule has 1 saturated heterocycles. The molecule has 0 saturated carbocycles. The third kappa shape index (κ3) is 3.62. The van der Waals surface area contributed by atoms with E-state index in [1.807, 2.05) is 0 Å². The van der Waals surface area contributed by atoms with Gasteiger partial charge in [-0.1, -0.05) is 17.3 Å². The number of nitrogens with one attached hydrogen (secondary N) is 1. The first-order valence-electron chi connectivity index (χ1n) is 8.24. The molecule has 1 aromatic carbocycles. The summed E-state index contributed by atoms with van der Waals surface area (Å²) in [6.07, 6.45) is 3.15. The Balaban J connectivity index is 1.58. The SMILES string of the molecule is Cc1noc(C)c1S(=O)(=O)NCCc1ccc(N2CCCC2)cc1. The van der Waals surface area contributed by atoms with Gasteiger partial charge in [-0.2, -0.15) is 0 Å². The Kier molecular flexibility index (Phi) is 4.91. The number of nitrogens with zero attached hydrogens (tertiary/aromatic N) is 2. The first-order chi connectivity index (χ1) is 11.5. The average Bonchev–Trinajstić information content (AvgIpc) is 3.18. The molecule has 1 aromatic heterocycles. The highest BCUT2D eigenvalue weighted by Crippen LogP contribution is 2.21. The van der Waals surface area contributed by atoms with Gasteiger partial charge in [0.1, 0.15) is 10.6 Å². The Morgan fingerprint density at radius 3 is 2.42 bits per heavy atom. The molecule has 1 N–H and O–H groups in total. The van der Waals surface area contributed by atoms with E-state index in [0.717, 1.165) is 18.7 Å². The van der Waals surface area contributed by atoms with Crippen LogP contribution in [0.1, 0.15) is 29.9 Å². The minimum Gasteiger partial charge on any atom is -0.372 e. The number of aryl methyl sites for hydroxylation is 2. The Morgan fingerprint density at radius 1 is 1.17 bits per heavy atom. The van der Waals surface area contributed by atoms with Gasteiger partial charge in [-0.25, -0.2) is 13.1 Å². The van der Waals surface area contributed by atoms with Crippen molar-refractivity contribution in [3.8, 4) is 0 Å². The van der Waals surface area contributed by atoms with Crippen molar-refractivity contribution in [1.29, 1.82) is 0 Å². The fourth-order valence-corrected chi connectivity index (χ4v) is 4.47. The molecule has 7 heteroatoms. The fraction of sp³-hybridized carbons (Fsp3) is 0.471. The molecule has 0 amide bonds. The number of sulfonamides is 1. The Hall–Kier alpha value is -1.86. The molecule has 1 fully saturated rings. The van der Waals surface area contributed by atoms with Crippen molar-refractivity contribution < 1.29 is 12.9 Å². The van der Waals surface area contributed by atoms with Crippen molar-refractivity contribution >= 4 is 15.7 Å². The second-order valence-corrected chi connectivity index (χ2v) is 7.87. The molecule has 0 bridgehead atoms. The van der Waals surface area contributed by atoms with Crippen LogP contribution in [-0.4, -0.2) is 33.2 Å². The molecule has 0 spiro atoms. The lowest BCUT2D eigenvalue weighted by Crippen LogP contribution is -2.26. The standard InChI is InChI=1S/C17H23N3O3S/c1-13-17(14(2)23-19-13)24(21,22)18-10-9-15-5-7-16(8-6-15)20-11-3-4-12-20/h5-8,18H,3-4,9-12H2,1-2H3. The maximum Gasteiger partial charge on any atom is 0.245 e. The lowest BCUT2D eigenvalue weighted by Gasteiger charge is -2.17. The molecule has 2 aromatic rings. The molecule has 6 nitrogen and oxygen atoms in total. The number of hydrogen-bond donors (Lipinski definition) is 1. The largest absolute Gasteiger partial charge is 0.372 e. The predicted molar refractivity (Wildman–Crippen MR) is 92.8 cm³/mol. The van der Waals surface area contributed by atoms with Gasteiger partial charge in [0.15, 0.2) is 5.76 Å². The van der Waals surface area contributed by atoms with Gasteiger partial charge in [-0.15, -0.1) is 0 Å². The lowest BCUT2D eigenvalue weighted by atomic mass is 10.1. The van der Waals surface area contributed by atoms with Crippen LogP contribution >= 0.6 is 0 Å². The van der Waals surface area contributed by atoms with Crippen LogP contribution in [0, 0.1) is 13.8 Å². The van der Waals surface area contributed by atoms with Crippen molar-refractivity contribution in [2.75, 3.05) is 24.5 Å². The number of benzene rings is 1. The van der Waals surface area contributed by atoms with Gasteiger partial charge in [-0.3, -0.25) is 0 Å². The van der Waals surface area contributed by atoms with E-state index < -0.39 is 10.0 Å². The highest BCUT2D eigenvalue weighted by atomic mass is 32.2. The average molecular weight is 349 g/mol. The van der Waals surface area contributed by atoms with Gasteiger partial charge in [-0.05, 0) is 50.8 Å². The predicted octanol–water partition coefficient (Wildman–Crippen LogP) is 2.41. The first kappa shape index (κ1) is 17.0. The summed E-state index contributed by atoms with van der Waals surface area (Å²) in [7, 11) is -3.58. The second kappa shape index (κ2) is 6.94. The van der Waals surface area contributed by atoms with Crippen LogP contribution in [0.25, 0.3) is 0 Å². The number of rotatable bonds is 6. The van der Waals surface area contributed by atoms with E-state index in [0.29, 0.717) is 24.4 Å². The van der Waals surface area contributed by atoms with Gasteiger partial charge in [0.05, 0.1) is 0 Å². The summed E-state index contributed by atoms with van der Waals surface area (Å²) in [5.74, 6) is 0.315. The fourth-order valence-electron chi connectivity index (χ4n) is 3.11. The van der Waals surface area contributed by atoms with Gasteiger partial charge in [0.25, 0.3) is 0 Å². The van der Waals surface area contributed by atoms with Gasteiger partial charge >= 0.3 is 0 Å². The van der Waals surface area contributed by atoms with E-state index in [2.05, 4.69) is 39.0 Å². The van der Waals surface area contributed by atoms with Gasteiger partial charge in [0.2, 0.25) is 10.0 Å². The summed E-state index contributed by atoms with van der Waals surface area (Å²) >= 11 is 0. The van der Waals surface area contributed by atoms with Crippen LogP contribution in [-0.2, 0) is 16.4 Å². The molecule has 1 aliphatic rings. The number of anilines is 1. The Morgan fingerprint density at radius 2 is 1.83 bits per heavy atom. The minimum absolute atomic E-state index is 0.145. The monoisotopic (exact) mass is 349 g/mol. The summed E-state index contributed by atoms with van der Waals surface area (Å²) in [5, 5.41) is 3.70. The van der Waals surface area contributed by atoms with Crippen LogP contribution in [0.5, 0.6) is 0 Å². The van der Waals surface area contributed by atoms with E-state index in [9.17, 15) is 8.42 Å². The Labute approximate surface area is 142 Å². The molecule has 0 unspecified atom stereocenters. The van der Waals surface area contributed by atoms with Crippen molar-refractivity contribution in [2.24, 2.45) is 0 Å². The highest BCUT2D eigenvalue weighted by Gasteiger charge is 2.23. The lowest BCUT2D eigenvalue weighted by molar-refractivity contribution is 0.390. The Bertz CT molecular complexity index is 771. The van der Waals surface area contributed by atoms with Crippen molar-refractivity contribution in [3.05, 3.63) is 41.3 Å². The topological polar surface area (TPSA) is 75.4 Å². The molecular weight excluding hydrogens is 326 g/mol. The van der Waals surface area contributed by atoms with E-state index in [1.54, 1.807) is 13.8 Å².